The maximum Gasteiger partial charge on any atom is 0.344 e. The number of hydrogen-bond acceptors (Lipinski definition) is 4. The third-order valence-electron chi connectivity index (χ3n) is 2.85. The Morgan fingerprint density at radius 1 is 1.09 bits per heavy atom. The Kier molecular flexibility index (Phi) is 6.12. The molecule has 0 saturated heterocycles. The second-order valence-corrected chi connectivity index (χ2v) is 5.64. The van der Waals surface area contributed by atoms with E-state index in [9.17, 15) is 4.79 Å². The molecule has 4 nitrogen and oxygen atoms in total. The summed E-state index contributed by atoms with van der Waals surface area (Å²) >= 11 is 17.6. The van der Waals surface area contributed by atoms with Crippen molar-refractivity contribution in [3.05, 3.63) is 62.6 Å². The van der Waals surface area contributed by atoms with E-state index in [0.29, 0.717) is 16.1 Å². The van der Waals surface area contributed by atoms with Crippen molar-refractivity contribution in [2.75, 3.05) is 6.61 Å². The summed E-state index contributed by atoms with van der Waals surface area (Å²) in [6, 6.07) is 11.7. The van der Waals surface area contributed by atoms with Gasteiger partial charge in [-0.1, -0.05) is 53.0 Å². The zero-order chi connectivity index (χ0) is 16.8. The highest BCUT2D eigenvalue weighted by Crippen LogP contribution is 2.33. The number of ether oxygens (including phenoxy) is 2. The van der Waals surface area contributed by atoms with E-state index in [1.54, 1.807) is 24.3 Å². The minimum absolute atomic E-state index is 0.0129. The topological polar surface area (TPSA) is 59.3 Å². The lowest BCUT2D eigenvalue weighted by Crippen LogP contribution is -2.15. The largest absolute Gasteiger partial charge is 0.480 e. The smallest absolute Gasteiger partial charge is 0.344 e. The van der Waals surface area contributed by atoms with Gasteiger partial charge in [-0.15, -0.1) is 0 Å². The van der Waals surface area contributed by atoms with Gasteiger partial charge in [0.05, 0.1) is 26.7 Å². The van der Waals surface area contributed by atoms with Gasteiger partial charge in [0, 0.05) is 11.6 Å². The van der Waals surface area contributed by atoms with Gasteiger partial charge in [-0.25, -0.2) is 4.79 Å². The monoisotopic (exact) mass is 369 g/mol. The minimum Gasteiger partial charge on any atom is -0.480 e. The van der Waals surface area contributed by atoms with Crippen molar-refractivity contribution in [1.82, 2.24) is 0 Å². The zero-order valence-corrected chi connectivity index (χ0v) is 14.0. The van der Waals surface area contributed by atoms with Crippen LogP contribution in [0.3, 0.4) is 0 Å². The van der Waals surface area contributed by atoms with Gasteiger partial charge < -0.3 is 9.47 Å². The van der Waals surface area contributed by atoms with Gasteiger partial charge >= 0.3 is 5.97 Å². The van der Waals surface area contributed by atoms with E-state index in [4.69, 9.17) is 49.5 Å². The summed E-state index contributed by atoms with van der Waals surface area (Å²) < 4.78 is 10.3. The molecule has 0 N–H and O–H groups in total. The van der Waals surface area contributed by atoms with Crippen molar-refractivity contribution in [3.8, 4) is 11.8 Å². The molecule has 0 aromatic heterocycles. The molecule has 0 atom stereocenters. The lowest BCUT2D eigenvalue weighted by Gasteiger charge is -2.10. The van der Waals surface area contributed by atoms with Gasteiger partial charge in [-0.05, 0) is 12.1 Å². The summed E-state index contributed by atoms with van der Waals surface area (Å²) in [5.41, 5.74) is 1.07. The van der Waals surface area contributed by atoms with Crippen molar-refractivity contribution in [1.29, 1.82) is 5.26 Å². The molecule has 0 aliphatic carbocycles. The maximum atomic E-state index is 11.7. The third-order valence-corrected chi connectivity index (χ3v) is 3.86. The van der Waals surface area contributed by atoms with Crippen LogP contribution >= 0.6 is 34.8 Å². The predicted molar refractivity (Wildman–Crippen MR) is 87.9 cm³/mol. The molecule has 0 aliphatic heterocycles. The number of nitriles is 1. The van der Waals surface area contributed by atoms with Crippen LogP contribution in [0.2, 0.25) is 15.1 Å². The maximum absolute atomic E-state index is 11.7. The van der Waals surface area contributed by atoms with Crippen LogP contribution in [0.25, 0.3) is 0 Å². The van der Waals surface area contributed by atoms with Crippen LogP contribution in [-0.4, -0.2) is 12.6 Å². The number of esters is 1. The first kappa shape index (κ1) is 17.4. The molecular formula is C16H10Cl3NO3. The summed E-state index contributed by atoms with van der Waals surface area (Å²) in [5, 5.41) is 9.76. The second kappa shape index (κ2) is 8.07. The van der Waals surface area contributed by atoms with Crippen LogP contribution in [0.4, 0.5) is 0 Å². The fourth-order valence-corrected chi connectivity index (χ4v) is 2.30. The summed E-state index contributed by atoms with van der Waals surface area (Å²) in [6.07, 6.45) is 0. The fraction of sp³-hybridized carbons (Fsp3) is 0.125. The lowest BCUT2D eigenvalue weighted by molar-refractivity contribution is -0.147. The summed E-state index contributed by atoms with van der Waals surface area (Å²) in [7, 11) is 0. The lowest BCUT2D eigenvalue weighted by atomic mass is 10.1. The van der Waals surface area contributed by atoms with E-state index in [2.05, 4.69) is 0 Å². The summed E-state index contributed by atoms with van der Waals surface area (Å²) in [6.45, 7) is -0.354. The number of hydrogen-bond donors (Lipinski definition) is 0. The number of carbonyl (C=O) groups is 1. The average molecular weight is 371 g/mol. The number of rotatable bonds is 5. The Hall–Kier alpha value is -1.93. The van der Waals surface area contributed by atoms with E-state index in [-0.39, 0.29) is 29.0 Å². The molecule has 0 heterocycles. The highest BCUT2D eigenvalue weighted by atomic mass is 35.5. The minimum atomic E-state index is -0.597. The van der Waals surface area contributed by atoms with Crippen LogP contribution in [0.1, 0.15) is 11.1 Å². The van der Waals surface area contributed by atoms with E-state index < -0.39 is 5.97 Å². The number of carbonyl (C=O) groups excluding carboxylic acids is 1. The first-order valence-electron chi connectivity index (χ1n) is 6.42. The molecular weight excluding hydrogens is 361 g/mol. The second-order valence-electron chi connectivity index (χ2n) is 4.42. The summed E-state index contributed by atoms with van der Waals surface area (Å²) in [5.74, 6) is -0.365. The molecule has 23 heavy (non-hydrogen) atoms. The molecule has 0 saturated carbocycles. The Labute approximate surface area is 148 Å². The number of benzene rings is 2. The SMILES string of the molecule is N#Cc1ccccc1COC(=O)COc1cc(Cl)c(Cl)cc1Cl. The molecule has 7 heteroatoms. The molecule has 2 rings (SSSR count). The number of halogens is 3. The van der Waals surface area contributed by atoms with Crippen molar-refractivity contribution >= 4 is 40.8 Å². The van der Waals surface area contributed by atoms with Crippen molar-refractivity contribution in [3.63, 3.8) is 0 Å². The normalized spacial score (nSPS) is 10.0. The van der Waals surface area contributed by atoms with Gasteiger partial charge in [-0.3, -0.25) is 0 Å². The van der Waals surface area contributed by atoms with Gasteiger partial charge in [0.2, 0.25) is 0 Å². The van der Waals surface area contributed by atoms with Gasteiger partial charge in [0.1, 0.15) is 12.4 Å². The van der Waals surface area contributed by atoms with Crippen LogP contribution in [0, 0.1) is 11.3 Å². The molecule has 0 spiro atoms. The fourth-order valence-electron chi connectivity index (χ4n) is 1.71. The number of nitrogens with zero attached hydrogens (tertiary/aromatic N) is 1. The molecule has 118 valence electrons. The molecule has 0 bridgehead atoms. The van der Waals surface area contributed by atoms with Crippen LogP contribution in [-0.2, 0) is 16.1 Å². The summed E-state index contributed by atoms with van der Waals surface area (Å²) in [4.78, 5) is 11.7. The highest BCUT2D eigenvalue weighted by molar-refractivity contribution is 6.43. The van der Waals surface area contributed by atoms with Gasteiger partial charge in [0.25, 0.3) is 0 Å². The Morgan fingerprint density at radius 2 is 1.78 bits per heavy atom. The van der Waals surface area contributed by atoms with Crippen molar-refractivity contribution < 1.29 is 14.3 Å². The molecule has 0 radical (unpaired) electrons. The van der Waals surface area contributed by atoms with Crippen molar-refractivity contribution in [2.24, 2.45) is 0 Å². The van der Waals surface area contributed by atoms with Gasteiger partial charge in [-0.2, -0.15) is 5.26 Å². The van der Waals surface area contributed by atoms with E-state index in [0.717, 1.165) is 0 Å². The highest BCUT2D eigenvalue weighted by Gasteiger charge is 2.11. The Bertz CT molecular complexity index is 772. The Morgan fingerprint density at radius 3 is 2.52 bits per heavy atom. The van der Waals surface area contributed by atoms with Crippen LogP contribution < -0.4 is 4.74 Å². The molecule has 0 aliphatic rings. The van der Waals surface area contributed by atoms with Crippen LogP contribution in [0.15, 0.2) is 36.4 Å². The van der Waals surface area contributed by atoms with Crippen LogP contribution in [0.5, 0.6) is 5.75 Å². The van der Waals surface area contributed by atoms with Crippen molar-refractivity contribution in [2.45, 2.75) is 6.61 Å². The van der Waals surface area contributed by atoms with E-state index >= 15 is 0 Å². The Balaban J connectivity index is 1.91. The predicted octanol–water partition coefficient (Wildman–Crippen LogP) is 4.64. The standard InChI is InChI=1S/C16H10Cl3NO3/c17-12-5-14(19)15(6-13(12)18)22-9-16(21)23-8-11-4-2-1-3-10(11)7-20/h1-6H,8-9H2. The molecule has 0 unspecified atom stereocenters. The zero-order valence-electron chi connectivity index (χ0n) is 11.7. The first-order valence-corrected chi connectivity index (χ1v) is 7.55. The molecule has 0 amide bonds. The molecule has 2 aromatic carbocycles. The van der Waals surface area contributed by atoms with E-state index in [1.807, 2.05) is 6.07 Å². The average Bonchev–Trinajstić information content (AvgIpc) is 2.55. The third kappa shape index (κ3) is 4.77. The molecule has 0 fully saturated rings. The first-order chi connectivity index (χ1) is 11.0. The van der Waals surface area contributed by atoms with Gasteiger partial charge in [0.15, 0.2) is 6.61 Å². The van der Waals surface area contributed by atoms with E-state index in [1.165, 1.54) is 12.1 Å². The quantitative estimate of drug-likeness (QED) is 0.568. The molecule has 2 aromatic rings.